The Morgan fingerprint density at radius 2 is 1.71 bits per heavy atom. The molecule has 0 aromatic heterocycles. The Morgan fingerprint density at radius 3 is 2.48 bits per heavy atom. The molecule has 1 fully saturated rings. The molecule has 1 aliphatic carbocycles. The minimum atomic E-state index is 0.500. The average Bonchev–Trinajstić information content (AvgIpc) is 2.89. The second-order valence-corrected chi connectivity index (χ2v) is 6.85. The maximum absolute atomic E-state index is 6.05. The smallest absolute Gasteiger partial charge is 0.0406 e. The molecule has 1 saturated heterocycles. The summed E-state index contributed by atoms with van der Waals surface area (Å²) in [5.74, 6) is 1.22. The van der Waals surface area contributed by atoms with Crippen molar-refractivity contribution in [1.29, 1.82) is 0 Å². The summed E-state index contributed by atoms with van der Waals surface area (Å²) in [5.41, 5.74) is 4.49. The van der Waals surface area contributed by atoms with E-state index in [-0.39, 0.29) is 0 Å². The van der Waals surface area contributed by atoms with Crippen molar-refractivity contribution in [3.63, 3.8) is 0 Å². The van der Waals surface area contributed by atoms with E-state index in [0.717, 1.165) is 10.9 Å². The van der Waals surface area contributed by atoms with Gasteiger partial charge in [-0.2, -0.15) is 0 Å². The normalized spacial score (nSPS) is 28.2. The van der Waals surface area contributed by atoms with E-state index in [2.05, 4.69) is 48.3 Å². The molecule has 4 rings (SSSR count). The molecule has 2 aromatic carbocycles. The predicted octanol–water partition coefficient (Wildman–Crippen LogP) is 4.66. The molecule has 1 heterocycles. The van der Waals surface area contributed by atoms with Crippen molar-refractivity contribution in [2.45, 2.75) is 30.7 Å². The minimum Gasteiger partial charge on any atom is -0.303 e. The summed E-state index contributed by atoms with van der Waals surface area (Å²) in [6.45, 7) is 1.22. The molecule has 3 unspecified atom stereocenters. The molecule has 0 amide bonds. The van der Waals surface area contributed by atoms with Gasteiger partial charge < -0.3 is 4.90 Å². The van der Waals surface area contributed by atoms with Crippen molar-refractivity contribution in [2.75, 3.05) is 13.6 Å². The first kappa shape index (κ1) is 13.4. The quantitative estimate of drug-likeness (QED) is 0.740. The van der Waals surface area contributed by atoms with Gasteiger partial charge in [-0.15, -0.1) is 0 Å². The average molecular weight is 298 g/mol. The van der Waals surface area contributed by atoms with Crippen molar-refractivity contribution >= 4 is 11.6 Å². The molecule has 1 nitrogen and oxygen atoms in total. The molecule has 1 aliphatic heterocycles. The van der Waals surface area contributed by atoms with Gasteiger partial charge >= 0.3 is 0 Å². The van der Waals surface area contributed by atoms with Crippen LogP contribution in [0.3, 0.4) is 0 Å². The number of hydrogen-bond donors (Lipinski definition) is 0. The van der Waals surface area contributed by atoms with E-state index in [1.807, 2.05) is 12.1 Å². The van der Waals surface area contributed by atoms with Gasteiger partial charge in [0.25, 0.3) is 0 Å². The van der Waals surface area contributed by atoms with Crippen LogP contribution >= 0.6 is 11.6 Å². The third kappa shape index (κ3) is 2.20. The Bertz CT molecular complexity index is 649. The zero-order valence-electron chi connectivity index (χ0n) is 12.3. The number of fused-ring (bicyclic) bond motifs is 3. The molecule has 0 N–H and O–H groups in total. The number of nitrogens with zero attached hydrogens (tertiary/aromatic N) is 1. The zero-order valence-corrected chi connectivity index (χ0v) is 13.1. The van der Waals surface area contributed by atoms with Crippen molar-refractivity contribution in [2.24, 2.45) is 0 Å². The van der Waals surface area contributed by atoms with Crippen LogP contribution in [0.15, 0.2) is 48.5 Å². The second-order valence-electron chi connectivity index (χ2n) is 6.41. The Kier molecular flexibility index (Phi) is 3.28. The lowest BCUT2D eigenvalue weighted by molar-refractivity contribution is 0.265. The van der Waals surface area contributed by atoms with E-state index in [9.17, 15) is 0 Å². The van der Waals surface area contributed by atoms with E-state index < -0.39 is 0 Å². The highest BCUT2D eigenvalue weighted by Gasteiger charge is 2.40. The van der Waals surface area contributed by atoms with Crippen molar-refractivity contribution in [3.8, 4) is 0 Å². The number of benzene rings is 2. The third-order valence-corrected chi connectivity index (χ3v) is 5.60. The van der Waals surface area contributed by atoms with Gasteiger partial charge in [-0.3, -0.25) is 0 Å². The van der Waals surface area contributed by atoms with Gasteiger partial charge in [0.1, 0.15) is 0 Å². The molecular formula is C19H20ClN. The maximum atomic E-state index is 6.05. The summed E-state index contributed by atoms with van der Waals surface area (Å²) in [6.07, 6.45) is 2.52. The molecule has 0 bridgehead atoms. The van der Waals surface area contributed by atoms with Gasteiger partial charge in [0.05, 0.1) is 0 Å². The molecule has 2 aromatic rings. The van der Waals surface area contributed by atoms with Crippen LogP contribution in [0.25, 0.3) is 0 Å². The molecule has 0 spiro atoms. The van der Waals surface area contributed by atoms with Crippen LogP contribution in [0.4, 0.5) is 0 Å². The highest BCUT2D eigenvalue weighted by molar-refractivity contribution is 6.30. The van der Waals surface area contributed by atoms with Crippen LogP contribution in [-0.4, -0.2) is 24.5 Å². The fourth-order valence-electron chi connectivity index (χ4n) is 4.26. The number of likely N-dealkylation sites (tertiary alicyclic amines) is 1. The van der Waals surface area contributed by atoms with E-state index in [1.54, 1.807) is 5.56 Å². The molecular weight excluding hydrogens is 278 g/mol. The summed E-state index contributed by atoms with van der Waals surface area (Å²) >= 11 is 6.05. The summed E-state index contributed by atoms with van der Waals surface area (Å²) in [7, 11) is 2.28. The second kappa shape index (κ2) is 5.15. The molecule has 0 radical (unpaired) electrons. The number of rotatable bonds is 1. The lowest BCUT2D eigenvalue weighted by Crippen LogP contribution is -2.34. The summed E-state index contributed by atoms with van der Waals surface area (Å²) in [4.78, 5) is 2.55. The number of halogens is 1. The van der Waals surface area contributed by atoms with E-state index in [0.29, 0.717) is 12.0 Å². The predicted molar refractivity (Wildman–Crippen MR) is 88.1 cm³/mol. The van der Waals surface area contributed by atoms with Gasteiger partial charge in [0.15, 0.2) is 0 Å². The molecule has 0 saturated carbocycles. The lowest BCUT2D eigenvalue weighted by Gasteiger charge is -2.37. The molecule has 108 valence electrons. The molecule has 21 heavy (non-hydrogen) atoms. The van der Waals surface area contributed by atoms with E-state index >= 15 is 0 Å². The lowest BCUT2D eigenvalue weighted by atomic mass is 9.71. The zero-order chi connectivity index (χ0) is 14.4. The maximum Gasteiger partial charge on any atom is 0.0406 e. The van der Waals surface area contributed by atoms with Crippen LogP contribution < -0.4 is 0 Å². The Hall–Kier alpha value is -1.31. The van der Waals surface area contributed by atoms with Crippen LogP contribution in [-0.2, 0) is 0 Å². The van der Waals surface area contributed by atoms with Crippen molar-refractivity contribution in [1.82, 2.24) is 4.90 Å². The fraction of sp³-hybridized carbons (Fsp3) is 0.368. The highest BCUT2D eigenvalue weighted by atomic mass is 35.5. The fourth-order valence-corrected chi connectivity index (χ4v) is 4.39. The Morgan fingerprint density at radius 1 is 1.00 bits per heavy atom. The van der Waals surface area contributed by atoms with Gasteiger partial charge in [-0.1, -0.05) is 48.0 Å². The van der Waals surface area contributed by atoms with Crippen LogP contribution in [0.5, 0.6) is 0 Å². The first-order valence-electron chi connectivity index (χ1n) is 7.78. The largest absolute Gasteiger partial charge is 0.303 e. The number of likely N-dealkylation sites (N-methyl/N-ethyl adjacent to an activating group) is 1. The van der Waals surface area contributed by atoms with Crippen molar-refractivity contribution < 1.29 is 0 Å². The van der Waals surface area contributed by atoms with Crippen LogP contribution in [0, 0.1) is 0 Å². The highest BCUT2D eigenvalue weighted by Crippen LogP contribution is 2.47. The molecule has 2 aliphatic rings. The monoisotopic (exact) mass is 297 g/mol. The van der Waals surface area contributed by atoms with E-state index in [4.69, 9.17) is 11.6 Å². The molecule has 3 atom stereocenters. The van der Waals surface area contributed by atoms with Gasteiger partial charge in [0, 0.05) is 22.9 Å². The van der Waals surface area contributed by atoms with Crippen LogP contribution in [0.2, 0.25) is 5.02 Å². The van der Waals surface area contributed by atoms with Gasteiger partial charge in [0.2, 0.25) is 0 Å². The van der Waals surface area contributed by atoms with Gasteiger partial charge in [-0.25, -0.2) is 0 Å². The summed E-state index contributed by atoms with van der Waals surface area (Å²) in [5, 5.41) is 0.818. The summed E-state index contributed by atoms with van der Waals surface area (Å²) in [6, 6.07) is 18.1. The minimum absolute atomic E-state index is 0.500. The van der Waals surface area contributed by atoms with Crippen LogP contribution in [0.1, 0.15) is 41.4 Å². The Labute approximate surface area is 131 Å². The first-order valence-corrected chi connectivity index (χ1v) is 8.16. The topological polar surface area (TPSA) is 3.24 Å². The summed E-state index contributed by atoms with van der Waals surface area (Å²) < 4.78 is 0. The SMILES string of the molecule is CN1CCC2c3ccccc3C(c3ccc(Cl)cc3)CC21. The Balaban J connectivity index is 1.81. The number of hydrogen-bond acceptors (Lipinski definition) is 1. The first-order chi connectivity index (χ1) is 10.2. The standard InChI is InChI=1S/C19H20ClN/c1-21-11-10-17-15-4-2-3-5-16(15)18(12-19(17)21)13-6-8-14(20)9-7-13/h2-9,17-19H,10-12H2,1H3. The van der Waals surface area contributed by atoms with Crippen molar-refractivity contribution in [3.05, 3.63) is 70.2 Å². The molecule has 2 heteroatoms. The van der Waals surface area contributed by atoms with Gasteiger partial charge in [-0.05, 0) is 55.3 Å². The van der Waals surface area contributed by atoms with E-state index in [1.165, 1.54) is 30.5 Å². The third-order valence-electron chi connectivity index (χ3n) is 5.34.